The number of rotatable bonds is 4. The maximum absolute atomic E-state index is 8.68. The van der Waals surface area contributed by atoms with Gasteiger partial charge in [-0.25, -0.2) is 0 Å². The van der Waals surface area contributed by atoms with Gasteiger partial charge in [0.1, 0.15) is 0 Å². The largest absolute Gasteiger partial charge is 0.396 e. The van der Waals surface area contributed by atoms with E-state index in [1.807, 2.05) is 17.5 Å². The van der Waals surface area contributed by atoms with Crippen molar-refractivity contribution in [3.05, 3.63) is 32.8 Å². The van der Waals surface area contributed by atoms with Gasteiger partial charge in [0.2, 0.25) is 0 Å². The highest BCUT2D eigenvalue weighted by atomic mass is 32.1. The fourth-order valence-corrected chi connectivity index (χ4v) is 1.72. The van der Waals surface area contributed by atoms with E-state index in [2.05, 4.69) is 10.0 Å². The van der Waals surface area contributed by atoms with E-state index in [0.717, 1.165) is 4.88 Å². The summed E-state index contributed by atoms with van der Waals surface area (Å²) in [6.07, 6.45) is 0.491. The standard InChI is InChI=1S/C7H9N3OS/c8-10-9-6(3-4-11)7-2-1-5-12-7/h1-2,5-6,11H,3-4H2. The molecule has 4 nitrogen and oxygen atoms in total. The first-order valence-corrected chi connectivity index (χ1v) is 4.45. The average Bonchev–Trinajstić information content (AvgIpc) is 2.56. The highest BCUT2D eigenvalue weighted by Crippen LogP contribution is 2.25. The van der Waals surface area contributed by atoms with Crippen molar-refractivity contribution >= 4 is 11.3 Å². The molecule has 1 N–H and O–H groups in total. The molecule has 1 aromatic heterocycles. The van der Waals surface area contributed by atoms with E-state index >= 15 is 0 Å². The Morgan fingerprint density at radius 2 is 2.58 bits per heavy atom. The predicted molar refractivity (Wildman–Crippen MR) is 47.9 cm³/mol. The summed E-state index contributed by atoms with van der Waals surface area (Å²) >= 11 is 1.53. The number of hydrogen-bond acceptors (Lipinski definition) is 3. The van der Waals surface area contributed by atoms with Gasteiger partial charge in [-0.3, -0.25) is 0 Å². The Labute approximate surface area is 74.1 Å². The summed E-state index contributed by atoms with van der Waals surface area (Å²) in [5.41, 5.74) is 8.24. The van der Waals surface area contributed by atoms with Crippen LogP contribution >= 0.6 is 11.3 Å². The fraction of sp³-hybridized carbons (Fsp3) is 0.429. The Morgan fingerprint density at radius 3 is 3.08 bits per heavy atom. The van der Waals surface area contributed by atoms with Gasteiger partial charge >= 0.3 is 0 Å². The van der Waals surface area contributed by atoms with Gasteiger partial charge in [-0.1, -0.05) is 11.2 Å². The zero-order valence-electron chi connectivity index (χ0n) is 6.42. The van der Waals surface area contributed by atoms with Crippen molar-refractivity contribution in [1.82, 2.24) is 0 Å². The maximum atomic E-state index is 8.68. The van der Waals surface area contributed by atoms with Crippen molar-refractivity contribution in [2.24, 2.45) is 5.11 Å². The minimum atomic E-state index is -0.208. The van der Waals surface area contributed by atoms with E-state index in [9.17, 15) is 0 Å². The molecule has 1 heterocycles. The molecule has 0 saturated carbocycles. The van der Waals surface area contributed by atoms with E-state index in [1.165, 1.54) is 11.3 Å². The highest BCUT2D eigenvalue weighted by Gasteiger charge is 2.08. The molecule has 0 aliphatic rings. The number of thiophene rings is 1. The Kier molecular flexibility index (Phi) is 3.60. The van der Waals surface area contributed by atoms with Crippen molar-refractivity contribution in [2.75, 3.05) is 6.61 Å². The van der Waals surface area contributed by atoms with Crippen LogP contribution in [-0.2, 0) is 0 Å². The van der Waals surface area contributed by atoms with Crippen LogP contribution in [0.15, 0.2) is 22.6 Å². The summed E-state index contributed by atoms with van der Waals surface area (Å²) in [6, 6.07) is 3.59. The van der Waals surface area contributed by atoms with E-state index in [1.54, 1.807) is 0 Å². The predicted octanol–water partition coefficient (Wildman–Crippen LogP) is 2.48. The lowest BCUT2D eigenvalue weighted by molar-refractivity contribution is 0.277. The van der Waals surface area contributed by atoms with Gasteiger partial charge in [0.15, 0.2) is 0 Å². The molecule has 0 saturated heterocycles. The van der Waals surface area contributed by atoms with Crippen LogP contribution in [0.1, 0.15) is 17.3 Å². The Morgan fingerprint density at radius 1 is 1.75 bits per heavy atom. The summed E-state index contributed by atoms with van der Waals surface area (Å²) in [6.45, 7) is 0.0432. The second-order valence-corrected chi connectivity index (χ2v) is 3.23. The Hall–Kier alpha value is -1.03. The molecular weight excluding hydrogens is 174 g/mol. The zero-order chi connectivity index (χ0) is 8.81. The topological polar surface area (TPSA) is 69.0 Å². The first-order chi connectivity index (χ1) is 5.88. The van der Waals surface area contributed by atoms with Crippen LogP contribution in [0.25, 0.3) is 10.4 Å². The van der Waals surface area contributed by atoms with E-state index in [0.29, 0.717) is 6.42 Å². The van der Waals surface area contributed by atoms with Crippen molar-refractivity contribution in [2.45, 2.75) is 12.5 Å². The molecule has 1 rings (SSSR count). The quantitative estimate of drug-likeness (QED) is 0.435. The molecule has 1 unspecified atom stereocenters. The van der Waals surface area contributed by atoms with Gasteiger partial charge in [-0.05, 0) is 23.4 Å². The molecule has 1 atom stereocenters. The van der Waals surface area contributed by atoms with Crippen LogP contribution in [0.5, 0.6) is 0 Å². The average molecular weight is 183 g/mol. The van der Waals surface area contributed by atoms with Crippen LogP contribution in [0.4, 0.5) is 0 Å². The van der Waals surface area contributed by atoms with Crippen LogP contribution in [0.3, 0.4) is 0 Å². The summed E-state index contributed by atoms with van der Waals surface area (Å²) < 4.78 is 0. The normalized spacial score (nSPS) is 12.1. The molecule has 1 aromatic rings. The second-order valence-electron chi connectivity index (χ2n) is 2.25. The molecule has 64 valence electrons. The van der Waals surface area contributed by atoms with E-state index in [-0.39, 0.29) is 12.6 Å². The first-order valence-electron chi connectivity index (χ1n) is 3.57. The lowest BCUT2D eigenvalue weighted by Crippen LogP contribution is -1.94. The molecular formula is C7H9N3OS. The number of azide groups is 1. The minimum Gasteiger partial charge on any atom is -0.396 e. The summed E-state index contributed by atoms with van der Waals surface area (Å²) in [4.78, 5) is 3.73. The fourth-order valence-electron chi connectivity index (χ4n) is 0.922. The van der Waals surface area contributed by atoms with Gasteiger partial charge in [0.25, 0.3) is 0 Å². The molecule has 0 bridgehead atoms. The van der Waals surface area contributed by atoms with E-state index < -0.39 is 0 Å². The molecule has 0 aromatic carbocycles. The third-order valence-corrected chi connectivity index (χ3v) is 2.44. The van der Waals surface area contributed by atoms with Gasteiger partial charge in [0, 0.05) is 16.4 Å². The van der Waals surface area contributed by atoms with Gasteiger partial charge in [0.05, 0.1) is 6.04 Å². The molecule has 0 radical (unpaired) electrons. The van der Waals surface area contributed by atoms with Crippen LogP contribution < -0.4 is 0 Å². The van der Waals surface area contributed by atoms with Crippen molar-refractivity contribution < 1.29 is 5.11 Å². The van der Waals surface area contributed by atoms with E-state index in [4.69, 9.17) is 10.6 Å². The molecule has 0 aliphatic carbocycles. The molecule has 5 heteroatoms. The summed E-state index contributed by atoms with van der Waals surface area (Å²) in [5.74, 6) is 0. The maximum Gasteiger partial charge on any atom is 0.0740 e. The molecule has 0 aliphatic heterocycles. The van der Waals surface area contributed by atoms with Crippen molar-refractivity contribution in [3.8, 4) is 0 Å². The number of aliphatic hydroxyl groups excluding tert-OH is 1. The number of hydrogen-bond donors (Lipinski definition) is 1. The van der Waals surface area contributed by atoms with Gasteiger partial charge in [-0.15, -0.1) is 11.3 Å². The van der Waals surface area contributed by atoms with Crippen LogP contribution in [0, 0.1) is 0 Å². The Bertz CT molecular complexity index is 266. The first kappa shape index (κ1) is 9.06. The lowest BCUT2D eigenvalue weighted by atomic mass is 10.2. The smallest absolute Gasteiger partial charge is 0.0740 e. The molecule has 0 amide bonds. The second kappa shape index (κ2) is 4.77. The minimum absolute atomic E-state index is 0.0432. The van der Waals surface area contributed by atoms with Crippen LogP contribution in [0.2, 0.25) is 0 Å². The van der Waals surface area contributed by atoms with Crippen molar-refractivity contribution in [1.29, 1.82) is 0 Å². The molecule has 0 fully saturated rings. The zero-order valence-corrected chi connectivity index (χ0v) is 7.24. The number of nitrogens with zero attached hydrogens (tertiary/aromatic N) is 3. The van der Waals surface area contributed by atoms with Gasteiger partial charge in [-0.2, -0.15) is 0 Å². The van der Waals surface area contributed by atoms with Crippen LogP contribution in [-0.4, -0.2) is 11.7 Å². The Balaban J connectivity index is 2.72. The third kappa shape index (κ3) is 2.23. The summed E-state index contributed by atoms with van der Waals surface area (Å²) in [5, 5.41) is 14.2. The summed E-state index contributed by atoms with van der Waals surface area (Å²) in [7, 11) is 0. The molecule has 0 spiro atoms. The SMILES string of the molecule is [N-]=[N+]=NC(CCO)c1cccs1. The molecule has 12 heavy (non-hydrogen) atoms. The highest BCUT2D eigenvalue weighted by molar-refractivity contribution is 7.10. The van der Waals surface area contributed by atoms with Gasteiger partial charge < -0.3 is 5.11 Å². The van der Waals surface area contributed by atoms with Crippen molar-refractivity contribution in [3.63, 3.8) is 0 Å². The number of aliphatic hydroxyl groups is 1. The lowest BCUT2D eigenvalue weighted by Gasteiger charge is -2.04. The third-order valence-electron chi connectivity index (χ3n) is 1.47. The monoisotopic (exact) mass is 183 g/mol.